The first-order valence-corrected chi connectivity index (χ1v) is 6.56. The highest BCUT2D eigenvalue weighted by Gasteiger charge is 2.33. The Labute approximate surface area is 115 Å². The molecule has 6 nitrogen and oxygen atoms in total. The molecule has 1 aromatic carbocycles. The number of carboxylic acids is 1. The van der Waals surface area contributed by atoms with Crippen molar-refractivity contribution in [3.05, 3.63) is 23.8 Å². The zero-order valence-electron chi connectivity index (χ0n) is 10.9. The van der Waals surface area contributed by atoms with Crippen LogP contribution in [-0.4, -0.2) is 41.3 Å². The Hall–Kier alpha value is -2.24. The van der Waals surface area contributed by atoms with E-state index in [0.29, 0.717) is 24.5 Å². The number of rotatable bonds is 3. The molecule has 1 unspecified atom stereocenters. The van der Waals surface area contributed by atoms with Crippen LogP contribution in [-0.2, 0) is 16.0 Å². The highest BCUT2D eigenvalue weighted by molar-refractivity contribution is 5.85. The molecular weight excluding hydrogens is 262 g/mol. The fraction of sp³-hybridized carbons (Fsp3) is 0.429. The van der Waals surface area contributed by atoms with Gasteiger partial charge in [-0.15, -0.1) is 0 Å². The van der Waals surface area contributed by atoms with E-state index in [9.17, 15) is 9.59 Å². The minimum Gasteiger partial charge on any atom is -0.480 e. The van der Waals surface area contributed by atoms with Crippen molar-refractivity contribution in [2.45, 2.75) is 25.3 Å². The van der Waals surface area contributed by atoms with Gasteiger partial charge in [-0.3, -0.25) is 4.79 Å². The minimum atomic E-state index is -0.929. The van der Waals surface area contributed by atoms with Crippen LogP contribution in [0.25, 0.3) is 0 Å². The van der Waals surface area contributed by atoms with Crippen molar-refractivity contribution in [1.29, 1.82) is 0 Å². The first-order valence-electron chi connectivity index (χ1n) is 6.56. The van der Waals surface area contributed by atoms with Crippen LogP contribution < -0.4 is 9.47 Å². The van der Waals surface area contributed by atoms with Crippen LogP contribution in [0.15, 0.2) is 18.2 Å². The van der Waals surface area contributed by atoms with Gasteiger partial charge in [-0.1, -0.05) is 6.07 Å². The molecule has 2 heterocycles. The number of nitrogens with zero attached hydrogens (tertiary/aromatic N) is 1. The molecule has 6 heteroatoms. The zero-order valence-corrected chi connectivity index (χ0v) is 10.9. The molecule has 1 saturated heterocycles. The largest absolute Gasteiger partial charge is 0.480 e. The number of aliphatic carboxylic acids is 1. The van der Waals surface area contributed by atoms with E-state index in [-0.39, 0.29) is 19.1 Å². The summed E-state index contributed by atoms with van der Waals surface area (Å²) in [5, 5.41) is 9.10. The summed E-state index contributed by atoms with van der Waals surface area (Å²) >= 11 is 0. The van der Waals surface area contributed by atoms with Gasteiger partial charge in [-0.25, -0.2) is 4.79 Å². The third-order valence-corrected chi connectivity index (χ3v) is 3.65. The van der Waals surface area contributed by atoms with Crippen molar-refractivity contribution in [3.8, 4) is 11.5 Å². The van der Waals surface area contributed by atoms with Gasteiger partial charge in [0.2, 0.25) is 12.7 Å². The lowest BCUT2D eigenvalue weighted by molar-refractivity contribution is -0.148. The number of ether oxygens (including phenoxy) is 2. The number of amides is 1. The van der Waals surface area contributed by atoms with Crippen LogP contribution in [0.5, 0.6) is 11.5 Å². The van der Waals surface area contributed by atoms with Crippen molar-refractivity contribution in [2.24, 2.45) is 0 Å². The van der Waals surface area contributed by atoms with Crippen molar-refractivity contribution in [2.75, 3.05) is 13.3 Å². The zero-order chi connectivity index (χ0) is 14.1. The Bertz CT molecular complexity index is 556. The third-order valence-electron chi connectivity index (χ3n) is 3.65. The van der Waals surface area contributed by atoms with Gasteiger partial charge in [0.15, 0.2) is 11.5 Å². The number of fused-ring (bicyclic) bond motifs is 1. The second-order valence-corrected chi connectivity index (χ2v) is 4.95. The highest BCUT2D eigenvalue weighted by Crippen LogP contribution is 2.32. The Morgan fingerprint density at radius 1 is 1.30 bits per heavy atom. The van der Waals surface area contributed by atoms with Crippen molar-refractivity contribution < 1.29 is 24.2 Å². The molecule has 0 bridgehead atoms. The van der Waals surface area contributed by atoms with Crippen LogP contribution in [0.2, 0.25) is 0 Å². The number of hydrogen-bond donors (Lipinski definition) is 1. The molecule has 106 valence electrons. The van der Waals surface area contributed by atoms with Gasteiger partial charge in [-0.05, 0) is 30.5 Å². The lowest BCUT2D eigenvalue weighted by atomic mass is 10.1. The molecule has 1 aromatic rings. The van der Waals surface area contributed by atoms with E-state index in [2.05, 4.69) is 0 Å². The van der Waals surface area contributed by atoms with Crippen molar-refractivity contribution in [1.82, 2.24) is 4.90 Å². The molecule has 1 atom stereocenters. The SMILES string of the molecule is O=C(O)C1CCCN1C(=O)Cc1ccc2c(c1)OCO2. The monoisotopic (exact) mass is 277 g/mol. The first kappa shape index (κ1) is 12.8. The molecule has 0 spiro atoms. The maximum absolute atomic E-state index is 12.2. The standard InChI is InChI=1S/C14H15NO5/c16-13(15-5-1-2-10(15)14(17)18)7-9-3-4-11-12(6-9)20-8-19-11/h3-4,6,10H,1-2,5,7-8H2,(H,17,18). The molecular formula is C14H15NO5. The maximum Gasteiger partial charge on any atom is 0.326 e. The van der Waals surface area contributed by atoms with Gasteiger partial charge >= 0.3 is 5.97 Å². The number of hydrogen-bond acceptors (Lipinski definition) is 4. The van der Waals surface area contributed by atoms with Gasteiger partial charge in [0.25, 0.3) is 0 Å². The van der Waals surface area contributed by atoms with E-state index in [4.69, 9.17) is 14.6 Å². The molecule has 0 saturated carbocycles. The van der Waals surface area contributed by atoms with Gasteiger partial charge in [0.1, 0.15) is 6.04 Å². The second kappa shape index (κ2) is 5.03. The van der Waals surface area contributed by atoms with E-state index in [1.54, 1.807) is 18.2 Å². The lowest BCUT2D eigenvalue weighted by Crippen LogP contribution is -2.41. The summed E-state index contributed by atoms with van der Waals surface area (Å²) in [5.41, 5.74) is 0.801. The van der Waals surface area contributed by atoms with Crippen LogP contribution in [0.1, 0.15) is 18.4 Å². The molecule has 2 aliphatic rings. The summed E-state index contributed by atoms with van der Waals surface area (Å²) < 4.78 is 10.5. The Morgan fingerprint density at radius 2 is 2.10 bits per heavy atom. The van der Waals surface area contributed by atoms with E-state index < -0.39 is 12.0 Å². The van der Waals surface area contributed by atoms with Crippen molar-refractivity contribution in [3.63, 3.8) is 0 Å². The predicted octanol–water partition coefficient (Wildman–Crippen LogP) is 1.03. The van der Waals surface area contributed by atoms with Gasteiger partial charge < -0.3 is 19.5 Å². The fourth-order valence-corrected chi connectivity index (χ4v) is 2.65. The number of carbonyl (C=O) groups excluding carboxylic acids is 1. The summed E-state index contributed by atoms with van der Waals surface area (Å²) in [7, 11) is 0. The van der Waals surface area contributed by atoms with Gasteiger partial charge in [-0.2, -0.15) is 0 Å². The Kier molecular flexibility index (Phi) is 3.22. The first-order chi connectivity index (χ1) is 9.65. The van der Waals surface area contributed by atoms with Crippen LogP contribution >= 0.6 is 0 Å². The van der Waals surface area contributed by atoms with Crippen LogP contribution in [0.3, 0.4) is 0 Å². The average Bonchev–Trinajstić information content (AvgIpc) is 3.06. The van der Waals surface area contributed by atoms with E-state index in [1.165, 1.54) is 4.90 Å². The van der Waals surface area contributed by atoms with Gasteiger partial charge in [0.05, 0.1) is 6.42 Å². The number of benzene rings is 1. The molecule has 1 N–H and O–H groups in total. The van der Waals surface area contributed by atoms with E-state index in [1.807, 2.05) is 0 Å². The van der Waals surface area contributed by atoms with Crippen LogP contribution in [0.4, 0.5) is 0 Å². The number of carboxylic acid groups (broad SMARTS) is 1. The van der Waals surface area contributed by atoms with E-state index >= 15 is 0 Å². The molecule has 1 fully saturated rings. The van der Waals surface area contributed by atoms with E-state index in [0.717, 1.165) is 12.0 Å². The summed E-state index contributed by atoms with van der Waals surface area (Å²) in [4.78, 5) is 24.8. The topological polar surface area (TPSA) is 76.1 Å². The smallest absolute Gasteiger partial charge is 0.326 e. The molecule has 3 rings (SSSR count). The highest BCUT2D eigenvalue weighted by atomic mass is 16.7. The summed E-state index contributed by atoms with van der Waals surface area (Å²) in [5.74, 6) is 0.215. The summed E-state index contributed by atoms with van der Waals surface area (Å²) in [6.07, 6.45) is 1.45. The summed E-state index contributed by atoms with van der Waals surface area (Å²) in [6, 6.07) is 4.66. The molecule has 1 amide bonds. The van der Waals surface area contributed by atoms with Crippen molar-refractivity contribution >= 4 is 11.9 Å². The molecule has 20 heavy (non-hydrogen) atoms. The lowest BCUT2D eigenvalue weighted by Gasteiger charge is -2.21. The molecule has 2 aliphatic heterocycles. The molecule has 0 aromatic heterocycles. The number of likely N-dealkylation sites (tertiary alicyclic amines) is 1. The Morgan fingerprint density at radius 3 is 2.90 bits per heavy atom. The quantitative estimate of drug-likeness (QED) is 0.893. The minimum absolute atomic E-state index is 0.159. The maximum atomic E-state index is 12.2. The Balaban J connectivity index is 1.71. The third kappa shape index (κ3) is 2.29. The predicted molar refractivity (Wildman–Crippen MR) is 68.6 cm³/mol. The number of carbonyl (C=O) groups is 2. The fourth-order valence-electron chi connectivity index (χ4n) is 2.65. The normalized spacial score (nSPS) is 20.2. The van der Waals surface area contributed by atoms with Crippen LogP contribution in [0, 0.1) is 0 Å². The second-order valence-electron chi connectivity index (χ2n) is 4.95. The summed E-state index contributed by atoms with van der Waals surface area (Å²) in [6.45, 7) is 0.709. The average molecular weight is 277 g/mol. The molecule has 0 radical (unpaired) electrons. The van der Waals surface area contributed by atoms with Gasteiger partial charge in [0, 0.05) is 6.54 Å². The molecule has 0 aliphatic carbocycles.